The molecule has 10 heteroatoms. The molecule has 0 amide bonds. The number of anilines is 4. The summed E-state index contributed by atoms with van der Waals surface area (Å²) >= 11 is 6.47. The standard InChI is InChI=1S/C27H30ClN7O2/c1-36-15-14-34-12-8-19-16-23(25(37-2)17-20(19)9-13-34)32-27-29-18-21(28)26(33-27)31-22-6-3-4-7-24(22)35-11-5-10-30-35/h3-7,10-11,16-18H,8-9,12-15H2,1-2H3,(H2,29,31,32,33). The average Bonchev–Trinajstić information content (AvgIpc) is 3.38. The summed E-state index contributed by atoms with van der Waals surface area (Å²) in [6.45, 7) is 3.67. The molecule has 3 heterocycles. The van der Waals surface area contributed by atoms with Gasteiger partial charge in [0.2, 0.25) is 5.95 Å². The fraction of sp³-hybridized carbons (Fsp3) is 0.296. The van der Waals surface area contributed by atoms with E-state index in [1.807, 2.05) is 36.5 Å². The number of nitrogens with zero attached hydrogens (tertiary/aromatic N) is 5. The van der Waals surface area contributed by atoms with E-state index in [4.69, 9.17) is 21.1 Å². The highest BCUT2D eigenvalue weighted by Crippen LogP contribution is 2.33. The number of rotatable bonds is 9. The van der Waals surface area contributed by atoms with Crippen LogP contribution in [0.15, 0.2) is 61.1 Å². The lowest BCUT2D eigenvalue weighted by molar-refractivity contribution is 0.150. The molecule has 0 bridgehead atoms. The van der Waals surface area contributed by atoms with E-state index in [1.165, 1.54) is 11.1 Å². The number of nitrogens with one attached hydrogen (secondary N) is 2. The molecule has 0 spiro atoms. The summed E-state index contributed by atoms with van der Waals surface area (Å²) in [5.41, 5.74) is 5.11. The average molecular weight is 520 g/mol. The van der Waals surface area contributed by atoms with Crippen molar-refractivity contribution in [3.05, 3.63) is 77.2 Å². The molecule has 0 radical (unpaired) electrons. The number of methoxy groups -OCH3 is 2. The summed E-state index contributed by atoms with van der Waals surface area (Å²) in [5, 5.41) is 11.4. The summed E-state index contributed by atoms with van der Waals surface area (Å²) < 4.78 is 12.8. The zero-order chi connectivity index (χ0) is 25.6. The van der Waals surface area contributed by atoms with E-state index in [2.05, 4.69) is 42.7 Å². The van der Waals surface area contributed by atoms with Crippen LogP contribution in [0.25, 0.3) is 5.69 Å². The molecule has 0 atom stereocenters. The van der Waals surface area contributed by atoms with Crippen LogP contribution in [0.2, 0.25) is 5.02 Å². The summed E-state index contributed by atoms with van der Waals surface area (Å²) in [7, 11) is 3.42. The third kappa shape index (κ3) is 5.85. The Morgan fingerprint density at radius 2 is 1.81 bits per heavy atom. The molecular formula is C27H30ClN7O2. The third-order valence-corrected chi connectivity index (χ3v) is 6.70. The SMILES string of the molecule is COCCN1CCc2cc(Nc3ncc(Cl)c(Nc4ccccc4-n4cccn4)n3)c(OC)cc2CC1. The predicted molar refractivity (Wildman–Crippen MR) is 146 cm³/mol. The van der Waals surface area contributed by atoms with Crippen LogP contribution in [-0.4, -0.2) is 65.1 Å². The number of hydrogen-bond acceptors (Lipinski definition) is 8. The van der Waals surface area contributed by atoms with Gasteiger partial charge in [0.25, 0.3) is 0 Å². The zero-order valence-corrected chi connectivity index (χ0v) is 21.7. The van der Waals surface area contributed by atoms with E-state index in [0.29, 0.717) is 16.8 Å². The third-order valence-electron chi connectivity index (χ3n) is 6.43. The Kier molecular flexibility index (Phi) is 7.84. The molecule has 0 unspecified atom stereocenters. The van der Waals surface area contributed by atoms with Gasteiger partial charge in [0.1, 0.15) is 10.8 Å². The second kappa shape index (κ2) is 11.6. The van der Waals surface area contributed by atoms with Gasteiger partial charge in [-0.2, -0.15) is 10.1 Å². The highest BCUT2D eigenvalue weighted by atomic mass is 35.5. The van der Waals surface area contributed by atoms with Gasteiger partial charge in [0.05, 0.1) is 37.0 Å². The number of fused-ring (bicyclic) bond motifs is 1. The van der Waals surface area contributed by atoms with Gasteiger partial charge in [-0.05, 0) is 54.3 Å². The Balaban J connectivity index is 1.38. The Bertz CT molecular complexity index is 1350. The Morgan fingerprint density at radius 3 is 2.57 bits per heavy atom. The molecule has 9 nitrogen and oxygen atoms in total. The lowest BCUT2D eigenvalue weighted by atomic mass is 10.0. The van der Waals surface area contributed by atoms with Crippen LogP contribution >= 0.6 is 11.6 Å². The molecule has 5 rings (SSSR count). The molecule has 1 aliphatic heterocycles. The topological polar surface area (TPSA) is 89.4 Å². The molecule has 37 heavy (non-hydrogen) atoms. The first kappa shape index (κ1) is 25.0. The maximum Gasteiger partial charge on any atom is 0.229 e. The summed E-state index contributed by atoms with van der Waals surface area (Å²) in [6, 6.07) is 14.0. The first-order chi connectivity index (χ1) is 18.1. The fourth-order valence-electron chi connectivity index (χ4n) is 4.47. The minimum Gasteiger partial charge on any atom is -0.495 e. The monoisotopic (exact) mass is 519 g/mol. The molecule has 2 N–H and O–H groups in total. The first-order valence-corrected chi connectivity index (χ1v) is 12.6. The van der Waals surface area contributed by atoms with Gasteiger partial charge < -0.3 is 25.0 Å². The lowest BCUT2D eigenvalue weighted by Gasteiger charge is -2.18. The van der Waals surface area contributed by atoms with Crippen LogP contribution in [0.1, 0.15) is 11.1 Å². The van der Waals surface area contributed by atoms with Crippen molar-refractivity contribution in [2.24, 2.45) is 0 Å². The number of hydrogen-bond donors (Lipinski definition) is 2. The molecule has 0 aliphatic carbocycles. The second-order valence-corrected chi connectivity index (χ2v) is 9.17. The van der Waals surface area contributed by atoms with E-state index in [9.17, 15) is 0 Å². The minimum absolute atomic E-state index is 0.408. The first-order valence-electron chi connectivity index (χ1n) is 12.2. The van der Waals surface area contributed by atoms with Crippen molar-refractivity contribution in [3.8, 4) is 11.4 Å². The van der Waals surface area contributed by atoms with Crippen molar-refractivity contribution >= 4 is 34.7 Å². The summed E-state index contributed by atoms with van der Waals surface area (Å²) in [4.78, 5) is 11.5. The van der Waals surface area contributed by atoms with Crippen molar-refractivity contribution < 1.29 is 9.47 Å². The quantitative estimate of drug-likeness (QED) is 0.324. The van der Waals surface area contributed by atoms with Crippen molar-refractivity contribution in [1.29, 1.82) is 0 Å². The van der Waals surface area contributed by atoms with Crippen molar-refractivity contribution in [2.45, 2.75) is 12.8 Å². The van der Waals surface area contributed by atoms with Crippen LogP contribution in [0.4, 0.5) is 23.1 Å². The number of para-hydroxylation sites is 2. The van der Waals surface area contributed by atoms with Crippen molar-refractivity contribution in [2.75, 3.05) is 51.1 Å². The number of ether oxygens (including phenoxy) is 2. The molecule has 192 valence electrons. The molecular weight excluding hydrogens is 490 g/mol. The van der Waals surface area contributed by atoms with Gasteiger partial charge in [0.15, 0.2) is 5.82 Å². The van der Waals surface area contributed by atoms with Crippen LogP contribution in [-0.2, 0) is 17.6 Å². The number of halogens is 1. The summed E-state index contributed by atoms with van der Waals surface area (Å²) in [6.07, 6.45) is 7.13. The molecule has 0 fully saturated rings. The van der Waals surface area contributed by atoms with Gasteiger partial charge in [-0.15, -0.1) is 0 Å². The zero-order valence-electron chi connectivity index (χ0n) is 20.9. The molecule has 2 aromatic carbocycles. The normalized spacial score (nSPS) is 13.6. The molecule has 4 aromatic rings. The Labute approximate surface area is 221 Å². The predicted octanol–water partition coefficient (Wildman–Crippen LogP) is 4.86. The largest absolute Gasteiger partial charge is 0.495 e. The van der Waals surface area contributed by atoms with Crippen LogP contribution < -0.4 is 15.4 Å². The van der Waals surface area contributed by atoms with Crippen LogP contribution in [0.3, 0.4) is 0 Å². The van der Waals surface area contributed by atoms with E-state index in [-0.39, 0.29) is 0 Å². The van der Waals surface area contributed by atoms with Crippen molar-refractivity contribution in [1.82, 2.24) is 24.6 Å². The maximum atomic E-state index is 6.47. The van der Waals surface area contributed by atoms with Crippen molar-refractivity contribution in [3.63, 3.8) is 0 Å². The Morgan fingerprint density at radius 1 is 1.00 bits per heavy atom. The van der Waals surface area contributed by atoms with E-state index < -0.39 is 0 Å². The highest BCUT2D eigenvalue weighted by molar-refractivity contribution is 6.33. The summed E-state index contributed by atoms with van der Waals surface area (Å²) in [5.74, 6) is 1.65. The Hall–Kier alpha value is -3.66. The van der Waals surface area contributed by atoms with E-state index in [1.54, 1.807) is 31.3 Å². The molecule has 0 saturated carbocycles. The van der Waals surface area contributed by atoms with Gasteiger partial charge >= 0.3 is 0 Å². The maximum absolute atomic E-state index is 6.47. The molecule has 1 aliphatic rings. The van der Waals surface area contributed by atoms with Gasteiger partial charge in [0, 0.05) is 39.1 Å². The van der Waals surface area contributed by atoms with Gasteiger partial charge in [-0.25, -0.2) is 9.67 Å². The molecule has 2 aromatic heterocycles. The van der Waals surface area contributed by atoms with Gasteiger partial charge in [-0.3, -0.25) is 0 Å². The highest BCUT2D eigenvalue weighted by Gasteiger charge is 2.18. The van der Waals surface area contributed by atoms with Crippen LogP contribution in [0.5, 0.6) is 5.75 Å². The smallest absolute Gasteiger partial charge is 0.229 e. The van der Waals surface area contributed by atoms with E-state index >= 15 is 0 Å². The van der Waals surface area contributed by atoms with Crippen LogP contribution in [0, 0.1) is 0 Å². The molecule has 0 saturated heterocycles. The second-order valence-electron chi connectivity index (χ2n) is 8.76. The number of benzene rings is 2. The fourth-order valence-corrected chi connectivity index (χ4v) is 4.60. The minimum atomic E-state index is 0.408. The number of aromatic nitrogens is 4. The lowest BCUT2D eigenvalue weighted by Crippen LogP contribution is -2.29. The van der Waals surface area contributed by atoms with Gasteiger partial charge in [-0.1, -0.05) is 23.7 Å². The van der Waals surface area contributed by atoms with E-state index in [0.717, 1.165) is 61.9 Å².